The third-order valence-electron chi connectivity index (χ3n) is 5.69. The number of hydrogen-bond donors (Lipinski definition) is 1. The van der Waals surface area contributed by atoms with Crippen molar-refractivity contribution < 1.29 is 14.3 Å². The maximum Gasteiger partial charge on any atom is 0.256 e. The Bertz CT molecular complexity index is 1030. The van der Waals surface area contributed by atoms with Crippen LogP contribution in [0.15, 0.2) is 29.3 Å². The third-order valence-corrected chi connectivity index (χ3v) is 5.69. The molecule has 2 fully saturated rings. The zero-order valence-corrected chi connectivity index (χ0v) is 16.0. The second-order valence-corrected chi connectivity index (χ2v) is 7.77. The van der Waals surface area contributed by atoms with Crippen molar-refractivity contribution >= 4 is 11.8 Å². The van der Waals surface area contributed by atoms with Crippen molar-refractivity contribution in [1.82, 2.24) is 24.8 Å². The highest BCUT2D eigenvalue weighted by molar-refractivity contribution is 5.87. The fourth-order valence-electron chi connectivity index (χ4n) is 4.23. The number of rotatable bonds is 3. The van der Waals surface area contributed by atoms with Crippen LogP contribution in [0.1, 0.15) is 41.5 Å². The molecule has 29 heavy (non-hydrogen) atoms. The molecule has 1 saturated carbocycles. The Hall–Kier alpha value is -3.07. The lowest BCUT2D eigenvalue weighted by molar-refractivity contribution is -0.170. The van der Waals surface area contributed by atoms with Crippen LogP contribution >= 0.6 is 0 Å². The van der Waals surface area contributed by atoms with Crippen LogP contribution in [0.3, 0.4) is 0 Å². The van der Waals surface area contributed by atoms with Gasteiger partial charge in [-0.15, -0.1) is 0 Å². The second-order valence-electron chi connectivity index (χ2n) is 7.77. The highest BCUT2D eigenvalue weighted by atomic mass is 16.5. The van der Waals surface area contributed by atoms with Crippen LogP contribution in [0.25, 0.3) is 0 Å². The van der Waals surface area contributed by atoms with E-state index in [2.05, 4.69) is 15.0 Å². The van der Waals surface area contributed by atoms with Gasteiger partial charge in [-0.3, -0.25) is 19.4 Å². The molecule has 9 heteroatoms. The minimum absolute atomic E-state index is 0.108. The van der Waals surface area contributed by atoms with Gasteiger partial charge in [-0.1, -0.05) is 6.07 Å². The van der Waals surface area contributed by atoms with Gasteiger partial charge in [-0.05, 0) is 31.4 Å². The molecule has 2 aliphatic heterocycles. The van der Waals surface area contributed by atoms with Gasteiger partial charge in [-0.2, -0.15) is 0 Å². The maximum absolute atomic E-state index is 13.4. The molecule has 0 unspecified atom stereocenters. The largest absolute Gasteiger partial charge is 0.356 e. The van der Waals surface area contributed by atoms with Crippen molar-refractivity contribution in [3.63, 3.8) is 0 Å². The fraction of sp³-hybridized carbons (Fsp3) is 0.450. The van der Waals surface area contributed by atoms with E-state index in [0.29, 0.717) is 17.1 Å². The van der Waals surface area contributed by atoms with Crippen molar-refractivity contribution in [1.29, 1.82) is 0 Å². The van der Waals surface area contributed by atoms with E-state index in [9.17, 15) is 14.4 Å². The first-order valence-electron chi connectivity index (χ1n) is 9.73. The number of carbonyl (C=O) groups excluding carboxylic acids is 2. The molecule has 2 amide bonds. The fourth-order valence-corrected chi connectivity index (χ4v) is 4.23. The number of aromatic amines is 1. The van der Waals surface area contributed by atoms with Crippen LogP contribution in [0, 0.1) is 6.92 Å². The van der Waals surface area contributed by atoms with E-state index in [1.807, 2.05) is 6.07 Å². The number of hydrogen-bond acceptors (Lipinski definition) is 6. The van der Waals surface area contributed by atoms with Crippen molar-refractivity contribution in [2.24, 2.45) is 0 Å². The van der Waals surface area contributed by atoms with Gasteiger partial charge in [0, 0.05) is 18.4 Å². The quantitative estimate of drug-likeness (QED) is 0.808. The number of H-pyrrole nitrogens is 1. The van der Waals surface area contributed by atoms with E-state index in [4.69, 9.17) is 4.74 Å². The third kappa shape index (κ3) is 3.11. The summed E-state index contributed by atoms with van der Waals surface area (Å²) in [6, 6.07) is 3.26. The van der Waals surface area contributed by atoms with Crippen molar-refractivity contribution in [3.8, 4) is 0 Å². The number of fused-ring (bicyclic) bond motifs is 1. The summed E-state index contributed by atoms with van der Waals surface area (Å²) in [5.74, 6) is 0.173. The van der Waals surface area contributed by atoms with Gasteiger partial charge in [0.2, 0.25) is 5.91 Å². The molecular weight excluding hydrogens is 374 g/mol. The smallest absolute Gasteiger partial charge is 0.256 e. The Kier molecular flexibility index (Phi) is 4.20. The first kappa shape index (κ1) is 18.0. The zero-order chi connectivity index (χ0) is 20.1. The second kappa shape index (κ2) is 6.77. The summed E-state index contributed by atoms with van der Waals surface area (Å²) < 4.78 is 5.78. The Morgan fingerprint density at radius 1 is 1.28 bits per heavy atom. The summed E-state index contributed by atoms with van der Waals surface area (Å²) in [5.41, 5.74) is 1.68. The van der Waals surface area contributed by atoms with E-state index < -0.39 is 12.1 Å². The molecule has 2 atom stereocenters. The Labute approximate surface area is 166 Å². The van der Waals surface area contributed by atoms with E-state index in [0.717, 1.165) is 18.4 Å². The topological polar surface area (TPSA) is 108 Å². The summed E-state index contributed by atoms with van der Waals surface area (Å²) in [4.78, 5) is 52.9. The molecule has 1 aliphatic carbocycles. The SMILES string of the molecule is Cc1nc2c(c(=O)[nH]1)CN(C(=O)[C@H]1OCC(=O)N(C3CC3)[C@@H]1c1cccnc1)C2. The molecule has 4 heterocycles. The van der Waals surface area contributed by atoms with Gasteiger partial charge in [0.25, 0.3) is 11.5 Å². The van der Waals surface area contributed by atoms with Crippen molar-refractivity contribution in [2.45, 2.75) is 51.0 Å². The number of ether oxygens (including phenoxy) is 1. The number of nitrogens with zero attached hydrogens (tertiary/aromatic N) is 4. The number of carbonyl (C=O) groups is 2. The molecule has 1 saturated heterocycles. The van der Waals surface area contributed by atoms with Crippen LogP contribution in [0.5, 0.6) is 0 Å². The molecule has 0 spiro atoms. The maximum atomic E-state index is 13.4. The van der Waals surface area contributed by atoms with Gasteiger partial charge in [0.1, 0.15) is 12.4 Å². The standard InChI is InChI=1S/C20H21N5O4/c1-11-22-15-9-24(8-14(15)19(27)23-11)20(28)18-17(12-3-2-6-21-7-12)25(13-4-5-13)16(26)10-29-18/h2-3,6-7,13,17-18H,4-5,8-10H2,1H3,(H,22,23,27)/t17-,18+/m1/s1. The molecule has 1 N–H and O–H groups in total. The van der Waals surface area contributed by atoms with Crippen LogP contribution in [0.2, 0.25) is 0 Å². The molecule has 9 nitrogen and oxygen atoms in total. The van der Waals surface area contributed by atoms with Crippen molar-refractivity contribution in [2.75, 3.05) is 6.61 Å². The predicted octanol–water partition coefficient (Wildman–Crippen LogP) is 0.447. The highest BCUT2D eigenvalue weighted by Crippen LogP contribution is 2.40. The average Bonchev–Trinajstić information content (AvgIpc) is 3.46. The van der Waals surface area contributed by atoms with Crippen LogP contribution in [0.4, 0.5) is 0 Å². The van der Waals surface area contributed by atoms with E-state index in [1.165, 1.54) is 0 Å². The number of amides is 2. The van der Waals surface area contributed by atoms with Crippen molar-refractivity contribution in [3.05, 3.63) is 57.5 Å². The first-order valence-corrected chi connectivity index (χ1v) is 9.73. The lowest BCUT2D eigenvalue weighted by Gasteiger charge is -2.41. The van der Waals surface area contributed by atoms with Gasteiger partial charge in [0.05, 0.1) is 30.4 Å². The van der Waals surface area contributed by atoms with E-state index in [-0.39, 0.29) is 43.1 Å². The highest BCUT2D eigenvalue weighted by Gasteiger charge is 2.49. The summed E-state index contributed by atoms with van der Waals surface area (Å²) in [7, 11) is 0. The number of aryl methyl sites for hydroxylation is 1. The number of pyridine rings is 1. The predicted molar refractivity (Wildman–Crippen MR) is 100 cm³/mol. The molecule has 150 valence electrons. The first-order chi connectivity index (χ1) is 14.0. The number of morpholine rings is 1. The average molecular weight is 395 g/mol. The van der Waals surface area contributed by atoms with E-state index >= 15 is 0 Å². The minimum atomic E-state index is -0.841. The monoisotopic (exact) mass is 395 g/mol. The van der Waals surface area contributed by atoms with Gasteiger partial charge in [0.15, 0.2) is 6.10 Å². The lowest BCUT2D eigenvalue weighted by Crippen LogP contribution is -2.55. The Balaban J connectivity index is 1.47. The molecular formula is C20H21N5O4. The number of aromatic nitrogens is 3. The molecule has 2 aromatic heterocycles. The molecule has 5 rings (SSSR count). The Morgan fingerprint density at radius 2 is 2.10 bits per heavy atom. The van der Waals surface area contributed by atoms with Crippen LogP contribution < -0.4 is 5.56 Å². The molecule has 0 radical (unpaired) electrons. The van der Waals surface area contributed by atoms with Gasteiger partial charge < -0.3 is 19.5 Å². The normalized spacial score (nSPS) is 24.0. The van der Waals surface area contributed by atoms with Gasteiger partial charge >= 0.3 is 0 Å². The summed E-state index contributed by atoms with van der Waals surface area (Å²) in [5, 5.41) is 0. The van der Waals surface area contributed by atoms with Crippen LogP contribution in [-0.4, -0.2) is 55.3 Å². The molecule has 3 aliphatic rings. The molecule has 0 bridgehead atoms. The zero-order valence-electron chi connectivity index (χ0n) is 16.0. The summed E-state index contributed by atoms with van der Waals surface area (Å²) in [6.45, 7) is 2.04. The molecule has 2 aromatic rings. The summed E-state index contributed by atoms with van der Waals surface area (Å²) >= 11 is 0. The summed E-state index contributed by atoms with van der Waals surface area (Å²) in [6.07, 6.45) is 4.35. The molecule has 0 aromatic carbocycles. The van der Waals surface area contributed by atoms with E-state index in [1.54, 1.807) is 35.2 Å². The Morgan fingerprint density at radius 3 is 2.83 bits per heavy atom. The van der Waals surface area contributed by atoms with Crippen LogP contribution in [-0.2, 0) is 27.4 Å². The van der Waals surface area contributed by atoms with Gasteiger partial charge in [-0.25, -0.2) is 4.98 Å². The number of nitrogens with one attached hydrogen (secondary N) is 1. The lowest BCUT2D eigenvalue weighted by atomic mass is 9.98. The minimum Gasteiger partial charge on any atom is -0.356 e.